The maximum atomic E-state index is 13.1. The zero-order valence-corrected chi connectivity index (χ0v) is 20.2. The molecule has 36 heavy (non-hydrogen) atoms. The Kier molecular flexibility index (Phi) is 6.13. The van der Waals surface area contributed by atoms with E-state index in [1.54, 1.807) is 72.8 Å². The van der Waals surface area contributed by atoms with Crippen LogP contribution in [0.4, 0.5) is 0 Å². The molecule has 0 bridgehead atoms. The number of nitrogens with zero attached hydrogens (tertiary/aromatic N) is 2. The molecule has 0 aliphatic rings. The third-order valence-electron chi connectivity index (χ3n) is 5.55. The van der Waals surface area contributed by atoms with Crippen molar-refractivity contribution in [1.29, 1.82) is 0 Å². The summed E-state index contributed by atoms with van der Waals surface area (Å²) in [6.07, 6.45) is 0. The van der Waals surface area contributed by atoms with Crippen LogP contribution in [-0.2, 0) is 10.0 Å². The molecular weight excluding hydrogens is 498 g/mol. The van der Waals surface area contributed by atoms with E-state index in [-0.39, 0.29) is 4.90 Å². The molecule has 4 aromatic carbocycles. The van der Waals surface area contributed by atoms with Crippen LogP contribution < -0.4 is 10.2 Å². The number of fused-ring (bicyclic) bond motifs is 1. The maximum Gasteiger partial charge on any atom is 0.289 e. The van der Waals surface area contributed by atoms with Gasteiger partial charge >= 0.3 is 0 Å². The number of carbonyl (C=O) groups is 1. The van der Waals surface area contributed by atoms with Gasteiger partial charge in [-0.15, -0.1) is 0 Å². The van der Waals surface area contributed by atoms with E-state index in [1.807, 2.05) is 22.9 Å². The van der Waals surface area contributed by atoms with Gasteiger partial charge in [-0.3, -0.25) is 9.59 Å². The van der Waals surface area contributed by atoms with E-state index in [1.165, 1.54) is 16.8 Å². The molecule has 0 saturated carbocycles. The van der Waals surface area contributed by atoms with Gasteiger partial charge in [0.05, 0.1) is 16.3 Å². The van der Waals surface area contributed by atoms with Crippen molar-refractivity contribution >= 4 is 38.3 Å². The van der Waals surface area contributed by atoms with Gasteiger partial charge in [0, 0.05) is 22.0 Å². The number of carbonyl (C=O) groups excluding carboxylic acids is 1. The second-order valence-corrected chi connectivity index (χ2v) is 10.00. The van der Waals surface area contributed by atoms with Gasteiger partial charge in [-0.2, -0.15) is 5.10 Å². The van der Waals surface area contributed by atoms with E-state index in [2.05, 4.69) is 5.10 Å². The van der Waals surface area contributed by atoms with E-state index in [0.29, 0.717) is 32.7 Å². The molecule has 1 amide bonds. The minimum Gasteiger partial charge on any atom is -0.287 e. The second kappa shape index (κ2) is 9.41. The third-order valence-corrected chi connectivity index (χ3v) is 7.19. The number of benzene rings is 4. The van der Waals surface area contributed by atoms with E-state index >= 15 is 0 Å². The topological polar surface area (TPSA) is 98.1 Å². The van der Waals surface area contributed by atoms with E-state index in [4.69, 9.17) is 11.6 Å². The van der Waals surface area contributed by atoms with Crippen LogP contribution in [0, 0.1) is 0 Å². The quantitative estimate of drug-likeness (QED) is 0.361. The summed E-state index contributed by atoms with van der Waals surface area (Å²) in [5.41, 5.74) is 0.367. The Morgan fingerprint density at radius 2 is 1.50 bits per heavy atom. The lowest BCUT2D eigenvalue weighted by molar-refractivity contribution is 0.0974. The Morgan fingerprint density at radius 3 is 2.25 bits per heavy atom. The van der Waals surface area contributed by atoms with Crippen molar-refractivity contribution < 1.29 is 13.2 Å². The Labute approximate surface area is 211 Å². The second-order valence-electron chi connectivity index (χ2n) is 7.91. The normalized spacial score (nSPS) is 11.4. The minimum absolute atomic E-state index is 0.0760. The monoisotopic (exact) mass is 515 g/mol. The molecule has 0 radical (unpaired) electrons. The van der Waals surface area contributed by atoms with Crippen molar-refractivity contribution in [3.05, 3.63) is 124 Å². The first-order valence-corrected chi connectivity index (χ1v) is 12.7. The zero-order chi connectivity index (χ0) is 25.3. The number of amides is 1. The molecule has 0 spiro atoms. The standard InChI is InChI=1S/C27H18ClN3O4S/c28-20-13-15-21(16-14-20)31-23(19-8-2-1-3-9-19)17-24(32)26(29-31)27(33)30-36(34,35)25-12-6-10-18-7-4-5-11-22(18)25/h1-17H,(H,30,33). The van der Waals surface area contributed by atoms with Gasteiger partial charge in [0.25, 0.3) is 15.9 Å². The fourth-order valence-corrected chi connectivity index (χ4v) is 5.17. The summed E-state index contributed by atoms with van der Waals surface area (Å²) in [6.45, 7) is 0. The van der Waals surface area contributed by atoms with Crippen LogP contribution in [-0.4, -0.2) is 24.1 Å². The summed E-state index contributed by atoms with van der Waals surface area (Å²) in [7, 11) is -4.30. The van der Waals surface area contributed by atoms with Crippen LogP contribution >= 0.6 is 11.6 Å². The fourth-order valence-electron chi connectivity index (χ4n) is 3.86. The number of hydrogen-bond donors (Lipinski definition) is 1. The van der Waals surface area contributed by atoms with E-state index in [0.717, 1.165) is 0 Å². The average molecular weight is 516 g/mol. The van der Waals surface area contributed by atoms with Gasteiger partial charge in [-0.25, -0.2) is 17.8 Å². The molecule has 5 rings (SSSR count). The molecule has 1 aromatic heterocycles. The molecule has 0 aliphatic heterocycles. The zero-order valence-electron chi connectivity index (χ0n) is 18.6. The van der Waals surface area contributed by atoms with Crippen LogP contribution in [0.15, 0.2) is 113 Å². The summed E-state index contributed by atoms with van der Waals surface area (Å²) < 4.78 is 29.7. The Morgan fingerprint density at radius 1 is 0.833 bits per heavy atom. The Bertz CT molecular complexity index is 1760. The van der Waals surface area contributed by atoms with Crippen molar-refractivity contribution in [2.24, 2.45) is 0 Å². The highest BCUT2D eigenvalue weighted by atomic mass is 35.5. The largest absolute Gasteiger partial charge is 0.289 e. The summed E-state index contributed by atoms with van der Waals surface area (Å²) in [4.78, 5) is 26.0. The van der Waals surface area contributed by atoms with Crippen molar-refractivity contribution in [3.63, 3.8) is 0 Å². The van der Waals surface area contributed by atoms with Gasteiger partial charge in [-0.05, 0) is 35.7 Å². The van der Waals surface area contributed by atoms with Crippen LogP contribution in [0.1, 0.15) is 10.5 Å². The van der Waals surface area contributed by atoms with Gasteiger partial charge in [0.1, 0.15) is 0 Å². The number of hydrogen-bond acceptors (Lipinski definition) is 5. The lowest BCUT2D eigenvalue weighted by atomic mass is 10.1. The lowest BCUT2D eigenvalue weighted by Crippen LogP contribution is -2.36. The van der Waals surface area contributed by atoms with Gasteiger partial charge in [0.15, 0.2) is 5.69 Å². The average Bonchev–Trinajstić information content (AvgIpc) is 2.89. The molecule has 5 aromatic rings. The molecule has 0 unspecified atom stereocenters. The molecule has 0 aliphatic carbocycles. The third kappa shape index (κ3) is 4.51. The molecule has 1 heterocycles. The smallest absolute Gasteiger partial charge is 0.287 e. The van der Waals surface area contributed by atoms with E-state index < -0.39 is 27.1 Å². The van der Waals surface area contributed by atoms with Gasteiger partial charge in [-0.1, -0.05) is 78.3 Å². The molecule has 9 heteroatoms. The first kappa shape index (κ1) is 23.5. The maximum absolute atomic E-state index is 13.1. The molecule has 7 nitrogen and oxygen atoms in total. The number of sulfonamides is 1. The summed E-state index contributed by atoms with van der Waals surface area (Å²) in [5.74, 6) is -1.13. The first-order chi connectivity index (χ1) is 17.3. The van der Waals surface area contributed by atoms with Crippen molar-refractivity contribution in [2.75, 3.05) is 0 Å². The SMILES string of the molecule is O=C(NS(=O)(=O)c1cccc2ccccc12)c1nn(-c2ccc(Cl)cc2)c(-c2ccccc2)cc1=O. The molecule has 0 atom stereocenters. The minimum atomic E-state index is -4.30. The van der Waals surface area contributed by atoms with Gasteiger partial charge < -0.3 is 0 Å². The van der Waals surface area contributed by atoms with Crippen molar-refractivity contribution in [3.8, 4) is 16.9 Å². The Balaban J connectivity index is 1.60. The first-order valence-electron chi connectivity index (χ1n) is 10.8. The molecule has 0 fully saturated rings. The molecular formula is C27H18ClN3O4S. The van der Waals surface area contributed by atoms with Crippen molar-refractivity contribution in [2.45, 2.75) is 4.90 Å². The summed E-state index contributed by atoms with van der Waals surface area (Å²) in [6, 6.07) is 28.6. The number of nitrogens with one attached hydrogen (secondary N) is 1. The predicted octanol–water partition coefficient (Wildman–Crippen LogP) is 4.82. The number of aromatic nitrogens is 2. The number of halogens is 1. The van der Waals surface area contributed by atoms with Gasteiger partial charge in [0.2, 0.25) is 5.43 Å². The van der Waals surface area contributed by atoms with E-state index in [9.17, 15) is 18.0 Å². The van der Waals surface area contributed by atoms with Crippen LogP contribution in [0.25, 0.3) is 27.7 Å². The highest BCUT2D eigenvalue weighted by Crippen LogP contribution is 2.24. The van der Waals surface area contributed by atoms with Crippen LogP contribution in [0.3, 0.4) is 0 Å². The lowest BCUT2D eigenvalue weighted by Gasteiger charge is -2.15. The van der Waals surface area contributed by atoms with Crippen LogP contribution in [0.2, 0.25) is 5.02 Å². The number of rotatable bonds is 5. The Hall–Kier alpha value is -4.27. The molecule has 0 saturated heterocycles. The molecule has 178 valence electrons. The highest BCUT2D eigenvalue weighted by molar-refractivity contribution is 7.90. The summed E-state index contributed by atoms with van der Waals surface area (Å²) in [5, 5.41) is 5.92. The fraction of sp³-hybridized carbons (Fsp3) is 0. The highest BCUT2D eigenvalue weighted by Gasteiger charge is 2.25. The predicted molar refractivity (Wildman–Crippen MR) is 139 cm³/mol. The van der Waals surface area contributed by atoms with Crippen LogP contribution in [0.5, 0.6) is 0 Å². The van der Waals surface area contributed by atoms with Crippen molar-refractivity contribution in [1.82, 2.24) is 14.5 Å². The molecule has 1 N–H and O–H groups in total. The summed E-state index contributed by atoms with van der Waals surface area (Å²) >= 11 is 6.02.